The highest BCUT2D eigenvalue weighted by atomic mass is 16.5. The summed E-state index contributed by atoms with van der Waals surface area (Å²) in [5, 5.41) is 7.91. The number of nitrogens with zero attached hydrogens (tertiary/aromatic N) is 3. The molecule has 7 heteroatoms. The number of para-hydroxylation sites is 1. The highest BCUT2D eigenvalue weighted by Crippen LogP contribution is 2.28. The summed E-state index contributed by atoms with van der Waals surface area (Å²) >= 11 is 0. The number of rotatable bonds is 10. The van der Waals surface area contributed by atoms with Crippen LogP contribution in [0.5, 0.6) is 11.5 Å². The molecule has 0 aliphatic carbocycles. The lowest BCUT2D eigenvalue weighted by Crippen LogP contribution is -2.34. The molecule has 7 nitrogen and oxygen atoms in total. The van der Waals surface area contributed by atoms with Crippen molar-refractivity contribution in [2.24, 2.45) is 0 Å². The zero-order valence-electron chi connectivity index (χ0n) is 21.1. The second-order valence-corrected chi connectivity index (χ2v) is 8.73. The van der Waals surface area contributed by atoms with Crippen molar-refractivity contribution in [2.75, 3.05) is 34.9 Å². The van der Waals surface area contributed by atoms with Crippen LogP contribution in [-0.2, 0) is 6.54 Å². The van der Waals surface area contributed by atoms with E-state index in [1.54, 1.807) is 14.2 Å². The molecule has 3 aromatic carbocycles. The molecule has 186 valence electrons. The summed E-state index contributed by atoms with van der Waals surface area (Å²) in [6.45, 7) is 0.983. The van der Waals surface area contributed by atoms with Gasteiger partial charge in [-0.1, -0.05) is 48.5 Å². The molecule has 4 aromatic rings. The van der Waals surface area contributed by atoms with Gasteiger partial charge in [-0.3, -0.25) is 9.48 Å². The Hall–Kier alpha value is -4.10. The van der Waals surface area contributed by atoms with Crippen molar-refractivity contribution in [1.82, 2.24) is 20.0 Å². The van der Waals surface area contributed by atoms with E-state index in [0.717, 1.165) is 28.2 Å². The number of carbonyl (C=O) groups excluding carboxylic acids is 1. The molecule has 0 saturated carbocycles. The first-order chi connectivity index (χ1) is 17.5. The fourth-order valence-corrected chi connectivity index (χ4v) is 4.20. The maximum absolute atomic E-state index is 13.5. The highest BCUT2D eigenvalue weighted by molar-refractivity contribution is 5.99. The smallest absolute Gasteiger partial charge is 0.255 e. The van der Waals surface area contributed by atoms with Crippen LogP contribution in [0.2, 0.25) is 0 Å². The van der Waals surface area contributed by atoms with E-state index >= 15 is 0 Å². The molecular weight excluding hydrogens is 452 g/mol. The van der Waals surface area contributed by atoms with Gasteiger partial charge in [0.25, 0.3) is 5.91 Å². The summed E-state index contributed by atoms with van der Waals surface area (Å²) in [7, 11) is 7.27. The molecule has 0 aliphatic heterocycles. The Kier molecular flexibility index (Phi) is 8.02. The van der Waals surface area contributed by atoms with Gasteiger partial charge in [0.05, 0.1) is 32.4 Å². The Labute approximate surface area is 212 Å². The molecule has 0 fully saturated rings. The van der Waals surface area contributed by atoms with Crippen molar-refractivity contribution in [1.29, 1.82) is 0 Å². The molecule has 0 saturated heterocycles. The molecule has 36 heavy (non-hydrogen) atoms. The van der Waals surface area contributed by atoms with E-state index in [0.29, 0.717) is 24.3 Å². The van der Waals surface area contributed by atoms with E-state index in [4.69, 9.17) is 14.6 Å². The lowest BCUT2D eigenvalue weighted by atomic mass is 10.0. The maximum Gasteiger partial charge on any atom is 0.255 e. The fourth-order valence-electron chi connectivity index (χ4n) is 4.20. The highest BCUT2D eigenvalue weighted by Gasteiger charge is 2.22. The molecule has 1 atom stereocenters. The van der Waals surface area contributed by atoms with Gasteiger partial charge in [-0.05, 0) is 50.0 Å². The summed E-state index contributed by atoms with van der Waals surface area (Å²) in [4.78, 5) is 15.6. The Balaban J connectivity index is 1.62. The first-order valence-electron chi connectivity index (χ1n) is 11.8. The number of benzene rings is 3. The second kappa shape index (κ2) is 11.6. The minimum absolute atomic E-state index is 0.0612. The minimum atomic E-state index is -0.179. The van der Waals surface area contributed by atoms with Crippen molar-refractivity contribution < 1.29 is 14.3 Å². The standard InChI is InChI=1S/C29H32N4O3/c1-32(2)26(24-12-8-9-13-27(24)36-4)18-30-29(34)25-20-33(19-21-10-6-5-7-11-21)31-28(25)22-14-16-23(35-3)17-15-22/h5-17,20,26H,18-19H2,1-4H3,(H,30,34). The topological polar surface area (TPSA) is 68.6 Å². The van der Waals surface area contributed by atoms with Gasteiger partial charge in [0.1, 0.15) is 17.2 Å². The van der Waals surface area contributed by atoms with Gasteiger partial charge in [0.15, 0.2) is 0 Å². The molecule has 0 bridgehead atoms. The molecule has 1 aromatic heterocycles. The number of carbonyl (C=O) groups is 1. The third kappa shape index (κ3) is 5.75. The summed E-state index contributed by atoms with van der Waals surface area (Å²) in [5.41, 5.74) is 4.12. The predicted molar refractivity (Wildman–Crippen MR) is 142 cm³/mol. The lowest BCUT2D eigenvalue weighted by Gasteiger charge is -2.26. The molecule has 0 spiro atoms. The van der Waals surface area contributed by atoms with Gasteiger partial charge in [0.2, 0.25) is 0 Å². The van der Waals surface area contributed by atoms with Gasteiger partial charge in [-0.2, -0.15) is 5.10 Å². The maximum atomic E-state index is 13.5. The molecule has 0 aliphatic rings. The van der Waals surface area contributed by atoms with E-state index in [2.05, 4.69) is 10.2 Å². The zero-order valence-corrected chi connectivity index (χ0v) is 21.1. The Morgan fingerprint density at radius 1 is 0.944 bits per heavy atom. The summed E-state index contributed by atoms with van der Waals surface area (Å²) < 4.78 is 12.7. The minimum Gasteiger partial charge on any atom is -0.497 e. The van der Waals surface area contributed by atoms with Crippen molar-refractivity contribution in [3.8, 4) is 22.8 Å². The van der Waals surface area contributed by atoms with Crippen LogP contribution in [0.1, 0.15) is 27.5 Å². The fraction of sp³-hybridized carbons (Fsp3) is 0.241. The normalized spacial score (nSPS) is 11.8. The van der Waals surface area contributed by atoms with Crippen LogP contribution in [0.25, 0.3) is 11.3 Å². The number of nitrogens with one attached hydrogen (secondary N) is 1. The average molecular weight is 485 g/mol. The van der Waals surface area contributed by atoms with Crippen LogP contribution in [0.3, 0.4) is 0 Å². The number of amides is 1. The number of ether oxygens (including phenoxy) is 2. The van der Waals surface area contributed by atoms with E-state index in [1.165, 1.54) is 0 Å². The number of likely N-dealkylation sites (N-methyl/N-ethyl adjacent to an activating group) is 1. The quantitative estimate of drug-likeness (QED) is 0.355. The van der Waals surface area contributed by atoms with Crippen LogP contribution in [0.15, 0.2) is 85.1 Å². The number of hydrogen-bond donors (Lipinski definition) is 1. The van der Waals surface area contributed by atoms with Gasteiger partial charge in [0, 0.05) is 23.9 Å². The van der Waals surface area contributed by atoms with Crippen LogP contribution in [-0.4, -0.2) is 55.4 Å². The van der Waals surface area contributed by atoms with Crippen LogP contribution >= 0.6 is 0 Å². The number of methoxy groups -OCH3 is 2. The summed E-state index contributed by atoms with van der Waals surface area (Å²) in [5.74, 6) is 1.36. The average Bonchev–Trinajstić information content (AvgIpc) is 3.33. The largest absolute Gasteiger partial charge is 0.497 e. The number of aromatic nitrogens is 2. The second-order valence-electron chi connectivity index (χ2n) is 8.73. The Morgan fingerprint density at radius 3 is 2.31 bits per heavy atom. The van der Waals surface area contributed by atoms with E-state index in [-0.39, 0.29) is 11.9 Å². The van der Waals surface area contributed by atoms with Crippen molar-refractivity contribution >= 4 is 5.91 Å². The molecule has 1 amide bonds. The van der Waals surface area contributed by atoms with Crippen LogP contribution in [0, 0.1) is 0 Å². The molecule has 4 rings (SSSR count). The van der Waals surface area contributed by atoms with E-state index in [9.17, 15) is 4.79 Å². The molecule has 1 heterocycles. The molecule has 1 unspecified atom stereocenters. The van der Waals surface area contributed by atoms with E-state index in [1.807, 2.05) is 104 Å². The third-order valence-corrected chi connectivity index (χ3v) is 6.13. The molecular formula is C29H32N4O3. The number of hydrogen-bond acceptors (Lipinski definition) is 5. The Bertz CT molecular complexity index is 1280. The monoisotopic (exact) mass is 484 g/mol. The van der Waals surface area contributed by atoms with Crippen molar-refractivity contribution in [2.45, 2.75) is 12.6 Å². The van der Waals surface area contributed by atoms with Crippen LogP contribution < -0.4 is 14.8 Å². The van der Waals surface area contributed by atoms with Crippen molar-refractivity contribution in [3.63, 3.8) is 0 Å². The van der Waals surface area contributed by atoms with Gasteiger partial charge in [-0.25, -0.2) is 0 Å². The SMILES string of the molecule is COc1ccc(-c2nn(Cc3ccccc3)cc2C(=O)NCC(c2ccccc2OC)N(C)C)cc1. The van der Waals surface area contributed by atoms with Gasteiger partial charge in [-0.15, -0.1) is 0 Å². The zero-order chi connectivity index (χ0) is 25.5. The first kappa shape index (κ1) is 25.0. The van der Waals surface area contributed by atoms with Gasteiger partial charge >= 0.3 is 0 Å². The first-order valence-corrected chi connectivity index (χ1v) is 11.8. The Morgan fingerprint density at radius 2 is 1.64 bits per heavy atom. The van der Waals surface area contributed by atoms with Crippen molar-refractivity contribution in [3.05, 3.63) is 102 Å². The molecule has 0 radical (unpaired) electrons. The van der Waals surface area contributed by atoms with Gasteiger partial charge < -0.3 is 19.7 Å². The molecule has 1 N–H and O–H groups in total. The lowest BCUT2D eigenvalue weighted by molar-refractivity contribution is 0.0942. The van der Waals surface area contributed by atoms with Crippen LogP contribution in [0.4, 0.5) is 0 Å². The summed E-state index contributed by atoms with van der Waals surface area (Å²) in [6.07, 6.45) is 1.82. The predicted octanol–water partition coefficient (Wildman–Crippen LogP) is 4.65. The van der Waals surface area contributed by atoms with E-state index < -0.39 is 0 Å². The third-order valence-electron chi connectivity index (χ3n) is 6.13. The summed E-state index contributed by atoms with van der Waals surface area (Å²) in [6, 6.07) is 25.5.